The lowest BCUT2D eigenvalue weighted by Crippen LogP contribution is -2.47. The molecule has 174 valence electrons. The van der Waals surface area contributed by atoms with Crippen LogP contribution in [0.5, 0.6) is 5.75 Å². The fourth-order valence-corrected chi connectivity index (χ4v) is 4.51. The Morgan fingerprint density at radius 1 is 1.25 bits per heavy atom. The molecule has 1 aromatic heterocycles. The lowest BCUT2D eigenvalue weighted by molar-refractivity contribution is -0.119. The van der Waals surface area contributed by atoms with Crippen molar-refractivity contribution in [3.05, 3.63) is 35.7 Å². The lowest BCUT2D eigenvalue weighted by Gasteiger charge is -2.31. The molecular weight excluding hydrogens is 434 g/mol. The molecule has 1 saturated heterocycles. The van der Waals surface area contributed by atoms with E-state index in [0.29, 0.717) is 49.9 Å². The molecule has 9 nitrogen and oxygen atoms in total. The number of hydrogen-bond acceptors (Lipinski definition) is 7. The van der Waals surface area contributed by atoms with Crippen LogP contribution < -0.4 is 10.1 Å². The SMILES string of the molecule is CCOC(=O)N1CCC(NC(=O)C[S@@](=O)Cc2nc(-c3ccc(OC)cc3)oc2C)CC1. The number of nitrogens with zero attached hydrogens (tertiary/aromatic N) is 2. The van der Waals surface area contributed by atoms with E-state index in [9.17, 15) is 13.8 Å². The number of likely N-dealkylation sites (tertiary alicyclic amines) is 1. The third-order valence-electron chi connectivity index (χ3n) is 5.21. The Kier molecular flexibility index (Phi) is 8.26. The van der Waals surface area contributed by atoms with Crippen molar-refractivity contribution in [1.82, 2.24) is 15.2 Å². The molecule has 1 aliphatic rings. The molecular formula is C22H29N3O6S. The van der Waals surface area contributed by atoms with Gasteiger partial charge in [-0.3, -0.25) is 9.00 Å². The average Bonchev–Trinajstić information content (AvgIpc) is 3.14. The maximum Gasteiger partial charge on any atom is 0.409 e. The number of nitrogens with one attached hydrogen (secondary N) is 1. The van der Waals surface area contributed by atoms with Crippen LogP contribution in [-0.4, -0.2) is 64.7 Å². The van der Waals surface area contributed by atoms with E-state index in [-0.39, 0.29) is 29.5 Å². The Morgan fingerprint density at radius 2 is 1.94 bits per heavy atom. The number of hydrogen-bond donors (Lipinski definition) is 1. The molecule has 32 heavy (non-hydrogen) atoms. The molecule has 0 bridgehead atoms. The van der Waals surface area contributed by atoms with Crippen LogP contribution >= 0.6 is 0 Å². The summed E-state index contributed by atoms with van der Waals surface area (Å²) >= 11 is 0. The van der Waals surface area contributed by atoms with Crippen molar-refractivity contribution in [2.24, 2.45) is 0 Å². The van der Waals surface area contributed by atoms with Crippen molar-refractivity contribution in [2.45, 2.75) is 38.5 Å². The first kappa shape index (κ1) is 23.8. The maximum absolute atomic E-state index is 12.5. The smallest absolute Gasteiger partial charge is 0.409 e. The van der Waals surface area contributed by atoms with Crippen LogP contribution in [0.2, 0.25) is 0 Å². The molecule has 0 aliphatic carbocycles. The van der Waals surface area contributed by atoms with Gasteiger partial charge in [0.1, 0.15) is 17.3 Å². The molecule has 0 radical (unpaired) electrons. The molecule has 2 amide bonds. The molecule has 1 fully saturated rings. The van der Waals surface area contributed by atoms with E-state index < -0.39 is 10.8 Å². The molecule has 1 N–H and O–H groups in total. The summed E-state index contributed by atoms with van der Waals surface area (Å²) in [4.78, 5) is 30.2. The van der Waals surface area contributed by atoms with Gasteiger partial charge in [-0.2, -0.15) is 0 Å². The predicted octanol–water partition coefficient (Wildman–Crippen LogP) is 2.64. The standard InChI is InChI=1S/C22H29N3O6S/c1-4-30-22(27)25-11-9-17(10-12-25)23-20(26)14-32(28)13-19-15(2)31-21(24-19)16-5-7-18(29-3)8-6-16/h5-8,17H,4,9-14H2,1-3H3,(H,23,26)/t32-/m0/s1. The number of methoxy groups -OCH3 is 1. The summed E-state index contributed by atoms with van der Waals surface area (Å²) in [5.41, 5.74) is 1.36. The summed E-state index contributed by atoms with van der Waals surface area (Å²) in [6.07, 6.45) is 0.964. The Balaban J connectivity index is 1.48. The van der Waals surface area contributed by atoms with Crippen LogP contribution in [0, 0.1) is 6.92 Å². The van der Waals surface area contributed by atoms with Crippen molar-refractivity contribution in [3.8, 4) is 17.2 Å². The second-order valence-corrected chi connectivity index (χ2v) is 8.96. The number of carbonyl (C=O) groups excluding carboxylic acids is 2. The fraction of sp³-hybridized carbons (Fsp3) is 0.500. The number of oxazole rings is 1. The van der Waals surface area contributed by atoms with Crippen LogP contribution in [0.1, 0.15) is 31.2 Å². The summed E-state index contributed by atoms with van der Waals surface area (Å²) in [6, 6.07) is 7.26. The quantitative estimate of drug-likeness (QED) is 0.641. The predicted molar refractivity (Wildman–Crippen MR) is 120 cm³/mol. The van der Waals surface area contributed by atoms with Crippen LogP contribution in [0.3, 0.4) is 0 Å². The van der Waals surface area contributed by atoms with Crippen LogP contribution in [0.25, 0.3) is 11.5 Å². The van der Waals surface area contributed by atoms with Crippen molar-refractivity contribution in [2.75, 3.05) is 32.6 Å². The molecule has 10 heteroatoms. The van der Waals surface area contributed by atoms with Gasteiger partial charge in [0.25, 0.3) is 0 Å². The monoisotopic (exact) mass is 463 g/mol. The van der Waals surface area contributed by atoms with Gasteiger partial charge in [0.2, 0.25) is 11.8 Å². The molecule has 2 heterocycles. The van der Waals surface area contributed by atoms with Gasteiger partial charge >= 0.3 is 6.09 Å². The maximum atomic E-state index is 12.5. The van der Waals surface area contributed by atoms with Crippen molar-refractivity contribution in [1.29, 1.82) is 0 Å². The minimum atomic E-state index is -1.42. The molecule has 3 rings (SSSR count). The number of carbonyl (C=O) groups is 2. The van der Waals surface area contributed by atoms with Gasteiger partial charge in [-0.1, -0.05) is 0 Å². The summed E-state index contributed by atoms with van der Waals surface area (Å²) in [5.74, 6) is 1.51. The van der Waals surface area contributed by atoms with Crippen LogP contribution in [0.15, 0.2) is 28.7 Å². The van der Waals surface area contributed by atoms with E-state index in [0.717, 1.165) is 11.3 Å². The first-order chi connectivity index (χ1) is 15.4. The molecule has 2 aromatic rings. The van der Waals surface area contributed by atoms with Crippen molar-refractivity contribution >= 4 is 22.8 Å². The number of benzene rings is 1. The summed E-state index contributed by atoms with van der Waals surface area (Å²) in [5, 5.41) is 2.92. The Hall–Kier alpha value is -2.88. The summed E-state index contributed by atoms with van der Waals surface area (Å²) < 4.78 is 28.4. The van der Waals surface area contributed by atoms with E-state index >= 15 is 0 Å². The minimum Gasteiger partial charge on any atom is -0.497 e. The van der Waals surface area contributed by atoms with E-state index in [2.05, 4.69) is 10.3 Å². The summed E-state index contributed by atoms with van der Waals surface area (Å²) in [7, 11) is 0.178. The third-order valence-corrected chi connectivity index (χ3v) is 6.39. The van der Waals surface area contributed by atoms with E-state index in [1.54, 1.807) is 25.9 Å². The van der Waals surface area contributed by atoms with E-state index in [4.69, 9.17) is 13.9 Å². The van der Waals surface area contributed by atoms with Gasteiger partial charge in [-0.15, -0.1) is 0 Å². The number of piperidine rings is 1. The number of ether oxygens (including phenoxy) is 2. The zero-order chi connectivity index (χ0) is 23.1. The van der Waals surface area contributed by atoms with Crippen molar-refractivity contribution in [3.63, 3.8) is 0 Å². The van der Waals surface area contributed by atoms with E-state index in [1.807, 2.05) is 24.3 Å². The first-order valence-electron chi connectivity index (χ1n) is 10.6. The number of amides is 2. The molecule has 1 atom stereocenters. The van der Waals surface area contributed by atoms with Gasteiger partial charge in [-0.05, 0) is 51.0 Å². The highest BCUT2D eigenvalue weighted by molar-refractivity contribution is 7.84. The Morgan fingerprint density at radius 3 is 2.56 bits per heavy atom. The van der Waals surface area contributed by atoms with Gasteiger partial charge in [-0.25, -0.2) is 9.78 Å². The molecule has 0 unspecified atom stereocenters. The number of rotatable bonds is 8. The highest BCUT2D eigenvalue weighted by atomic mass is 32.2. The van der Waals surface area contributed by atoms with Gasteiger partial charge < -0.3 is 24.1 Å². The molecule has 0 spiro atoms. The zero-order valence-corrected chi connectivity index (χ0v) is 19.4. The van der Waals surface area contributed by atoms with Crippen LogP contribution in [0.4, 0.5) is 4.79 Å². The lowest BCUT2D eigenvalue weighted by atomic mass is 10.1. The van der Waals surface area contributed by atoms with Gasteiger partial charge in [0.05, 0.1) is 25.2 Å². The van der Waals surface area contributed by atoms with Gasteiger partial charge in [0.15, 0.2) is 0 Å². The normalized spacial score (nSPS) is 15.3. The zero-order valence-electron chi connectivity index (χ0n) is 18.6. The molecule has 1 aliphatic heterocycles. The highest BCUT2D eigenvalue weighted by Crippen LogP contribution is 2.24. The van der Waals surface area contributed by atoms with Crippen LogP contribution in [-0.2, 0) is 26.1 Å². The van der Waals surface area contributed by atoms with Crippen molar-refractivity contribution < 1.29 is 27.7 Å². The third kappa shape index (κ3) is 6.32. The van der Waals surface area contributed by atoms with E-state index in [1.165, 1.54) is 0 Å². The second kappa shape index (κ2) is 11.1. The average molecular weight is 464 g/mol. The Bertz CT molecular complexity index is 951. The summed E-state index contributed by atoms with van der Waals surface area (Å²) in [6.45, 7) is 4.93. The highest BCUT2D eigenvalue weighted by Gasteiger charge is 2.25. The topological polar surface area (TPSA) is 111 Å². The fourth-order valence-electron chi connectivity index (χ4n) is 3.46. The Labute approximate surface area is 189 Å². The minimum absolute atomic E-state index is 0.0411. The van der Waals surface area contributed by atoms with Gasteiger partial charge in [0, 0.05) is 35.5 Å². The largest absolute Gasteiger partial charge is 0.497 e. The first-order valence-corrected chi connectivity index (χ1v) is 12.0. The molecule has 1 aromatic carbocycles. The number of aryl methyl sites for hydroxylation is 1. The molecule has 0 saturated carbocycles. The number of aromatic nitrogens is 1. The second-order valence-electron chi connectivity index (χ2n) is 7.51.